The summed E-state index contributed by atoms with van der Waals surface area (Å²) in [5.41, 5.74) is 5.53. The molecular formula is C8H16N4S. The van der Waals surface area contributed by atoms with E-state index in [1.165, 1.54) is 11.5 Å². The van der Waals surface area contributed by atoms with Crippen LogP contribution in [0.15, 0.2) is 0 Å². The first-order valence-corrected chi connectivity index (χ1v) is 5.19. The summed E-state index contributed by atoms with van der Waals surface area (Å²) in [7, 11) is 0. The summed E-state index contributed by atoms with van der Waals surface area (Å²) in [5, 5.41) is 0.970. The van der Waals surface area contributed by atoms with E-state index in [1.54, 1.807) is 0 Å². The Morgan fingerprint density at radius 3 is 2.62 bits per heavy atom. The molecule has 1 rings (SSSR count). The van der Waals surface area contributed by atoms with Gasteiger partial charge >= 0.3 is 0 Å². The van der Waals surface area contributed by atoms with Gasteiger partial charge in [0.15, 0.2) is 0 Å². The summed E-state index contributed by atoms with van der Waals surface area (Å²) in [5.74, 6) is 0.836. The first kappa shape index (κ1) is 10.4. The van der Waals surface area contributed by atoms with Crippen LogP contribution in [0.1, 0.15) is 19.7 Å². The van der Waals surface area contributed by atoms with E-state index in [0.717, 1.165) is 17.5 Å². The minimum atomic E-state index is 0.427. The van der Waals surface area contributed by atoms with E-state index in [4.69, 9.17) is 5.73 Å². The van der Waals surface area contributed by atoms with Crippen molar-refractivity contribution in [3.05, 3.63) is 5.82 Å². The molecule has 0 aliphatic carbocycles. The van der Waals surface area contributed by atoms with Crippen LogP contribution in [-0.4, -0.2) is 28.5 Å². The van der Waals surface area contributed by atoms with Crippen molar-refractivity contribution >= 4 is 16.7 Å². The quantitative estimate of drug-likeness (QED) is 0.788. The molecule has 0 radical (unpaired) electrons. The van der Waals surface area contributed by atoms with Gasteiger partial charge in [-0.05, 0) is 20.8 Å². The number of rotatable bonds is 4. The highest BCUT2D eigenvalue weighted by Crippen LogP contribution is 2.18. The largest absolute Gasteiger partial charge is 0.343 e. The second-order valence-electron chi connectivity index (χ2n) is 3.20. The number of nitrogens with two attached hydrogens (primary N) is 1. The van der Waals surface area contributed by atoms with Crippen molar-refractivity contribution in [3.63, 3.8) is 0 Å². The van der Waals surface area contributed by atoms with Crippen LogP contribution in [0.4, 0.5) is 5.13 Å². The van der Waals surface area contributed by atoms with E-state index in [1.807, 2.05) is 6.92 Å². The van der Waals surface area contributed by atoms with Gasteiger partial charge in [-0.3, -0.25) is 0 Å². The summed E-state index contributed by atoms with van der Waals surface area (Å²) in [6, 6.07) is 0.427. The molecule has 1 heterocycles. The minimum Gasteiger partial charge on any atom is -0.343 e. The van der Waals surface area contributed by atoms with Gasteiger partial charge in [0.05, 0.1) is 0 Å². The van der Waals surface area contributed by atoms with Crippen LogP contribution in [0.2, 0.25) is 0 Å². The van der Waals surface area contributed by atoms with Gasteiger partial charge in [-0.2, -0.15) is 4.37 Å². The topological polar surface area (TPSA) is 55.0 Å². The molecule has 0 aliphatic heterocycles. The lowest BCUT2D eigenvalue weighted by atomic mass is 10.3. The van der Waals surface area contributed by atoms with E-state index >= 15 is 0 Å². The molecule has 0 spiro atoms. The zero-order chi connectivity index (χ0) is 9.84. The molecule has 2 N–H and O–H groups in total. The predicted octanol–water partition coefficient (Wildman–Crippen LogP) is 1.02. The van der Waals surface area contributed by atoms with Crippen molar-refractivity contribution in [2.45, 2.75) is 26.8 Å². The Morgan fingerprint density at radius 1 is 1.54 bits per heavy atom. The fourth-order valence-corrected chi connectivity index (χ4v) is 1.95. The van der Waals surface area contributed by atoms with Crippen molar-refractivity contribution in [1.29, 1.82) is 0 Å². The fourth-order valence-electron chi connectivity index (χ4n) is 1.12. The molecule has 1 aromatic heterocycles. The van der Waals surface area contributed by atoms with Gasteiger partial charge in [-0.1, -0.05) is 0 Å². The average molecular weight is 200 g/mol. The number of aromatic nitrogens is 2. The molecule has 5 heteroatoms. The smallest absolute Gasteiger partial charge is 0.205 e. The Hall–Kier alpha value is -0.680. The third kappa shape index (κ3) is 2.63. The monoisotopic (exact) mass is 200 g/mol. The SMILES string of the molecule is Cc1nsc(N(CCN)C(C)C)n1. The molecule has 0 atom stereocenters. The summed E-state index contributed by atoms with van der Waals surface area (Å²) in [6.07, 6.45) is 0. The molecule has 0 aliphatic rings. The lowest BCUT2D eigenvalue weighted by Gasteiger charge is -2.24. The number of hydrogen-bond donors (Lipinski definition) is 1. The highest BCUT2D eigenvalue weighted by molar-refractivity contribution is 7.09. The normalized spacial score (nSPS) is 10.8. The van der Waals surface area contributed by atoms with Crippen LogP contribution in [0, 0.1) is 6.92 Å². The minimum absolute atomic E-state index is 0.427. The maximum atomic E-state index is 5.53. The zero-order valence-corrected chi connectivity index (χ0v) is 9.14. The highest BCUT2D eigenvalue weighted by Gasteiger charge is 2.13. The average Bonchev–Trinajstić information content (AvgIpc) is 2.46. The Morgan fingerprint density at radius 2 is 2.23 bits per heavy atom. The first-order valence-electron chi connectivity index (χ1n) is 4.42. The van der Waals surface area contributed by atoms with Gasteiger partial charge in [-0.15, -0.1) is 0 Å². The highest BCUT2D eigenvalue weighted by atomic mass is 32.1. The van der Waals surface area contributed by atoms with Crippen LogP contribution < -0.4 is 10.6 Å². The molecule has 13 heavy (non-hydrogen) atoms. The van der Waals surface area contributed by atoms with E-state index in [0.29, 0.717) is 12.6 Å². The van der Waals surface area contributed by atoms with Gasteiger partial charge in [0.25, 0.3) is 0 Å². The molecule has 0 amide bonds. The molecule has 74 valence electrons. The van der Waals surface area contributed by atoms with Crippen molar-refractivity contribution in [1.82, 2.24) is 9.36 Å². The van der Waals surface area contributed by atoms with Gasteiger partial charge in [0, 0.05) is 30.7 Å². The van der Waals surface area contributed by atoms with Crippen LogP contribution in [-0.2, 0) is 0 Å². The number of nitrogens with zero attached hydrogens (tertiary/aromatic N) is 3. The van der Waals surface area contributed by atoms with Gasteiger partial charge < -0.3 is 10.6 Å². The number of anilines is 1. The fraction of sp³-hybridized carbons (Fsp3) is 0.750. The molecule has 0 bridgehead atoms. The van der Waals surface area contributed by atoms with Crippen molar-refractivity contribution in [2.24, 2.45) is 5.73 Å². The number of aryl methyl sites for hydroxylation is 1. The van der Waals surface area contributed by atoms with Crippen molar-refractivity contribution < 1.29 is 0 Å². The van der Waals surface area contributed by atoms with E-state index in [-0.39, 0.29) is 0 Å². The third-order valence-electron chi connectivity index (χ3n) is 1.76. The van der Waals surface area contributed by atoms with Crippen LogP contribution in [0.25, 0.3) is 0 Å². The second kappa shape index (κ2) is 4.53. The molecule has 0 fully saturated rings. The molecule has 0 aromatic carbocycles. The molecule has 0 saturated carbocycles. The Bertz CT molecular complexity index is 258. The molecule has 0 unspecified atom stereocenters. The maximum absolute atomic E-state index is 5.53. The standard InChI is InChI=1S/C8H16N4S/c1-6(2)12(5-4-9)8-10-7(3)11-13-8/h6H,4-5,9H2,1-3H3. The predicted molar refractivity (Wildman–Crippen MR) is 56.2 cm³/mol. The summed E-state index contributed by atoms with van der Waals surface area (Å²) < 4.78 is 4.15. The zero-order valence-electron chi connectivity index (χ0n) is 8.32. The molecule has 0 saturated heterocycles. The van der Waals surface area contributed by atoms with Gasteiger partial charge in [-0.25, -0.2) is 4.98 Å². The van der Waals surface area contributed by atoms with Gasteiger partial charge in [0.2, 0.25) is 5.13 Å². The Labute approximate surface area is 82.9 Å². The van der Waals surface area contributed by atoms with Gasteiger partial charge in [0.1, 0.15) is 5.82 Å². The second-order valence-corrected chi connectivity index (χ2v) is 3.93. The molecular weight excluding hydrogens is 184 g/mol. The van der Waals surface area contributed by atoms with Crippen LogP contribution in [0.5, 0.6) is 0 Å². The van der Waals surface area contributed by atoms with E-state index < -0.39 is 0 Å². The summed E-state index contributed by atoms with van der Waals surface area (Å²) >= 11 is 1.44. The summed E-state index contributed by atoms with van der Waals surface area (Å²) in [6.45, 7) is 7.66. The van der Waals surface area contributed by atoms with E-state index in [2.05, 4.69) is 28.1 Å². The van der Waals surface area contributed by atoms with Crippen molar-refractivity contribution in [3.8, 4) is 0 Å². The summed E-state index contributed by atoms with van der Waals surface area (Å²) in [4.78, 5) is 6.50. The lowest BCUT2D eigenvalue weighted by Crippen LogP contribution is -2.35. The molecule has 4 nitrogen and oxygen atoms in total. The molecule has 1 aromatic rings. The Kier molecular flexibility index (Phi) is 3.62. The maximum Gasteiger partial charge on any atom is 0.205 e. The lowest BCUT2D eigenvalue weighted by molar-refractivity contribution is 0.681. The Balaban J connectivity index is 2.75. The first-order chi connectivity index (χ1) is 6.15. The van der Waals surface area contributed by atoms with Crippen LogP contribution in [0.3, 0.4) is 0 Å². The van der Waals surface area contributed by atoms with Crippen molar-refractivity contribution in [2.75, 3.05) is 18.0 Å². The van der Waals surface area contributed by atoms with Crippen LogP contribution >= 0.6 is 11.5 Å². The number of hydrogen-bond acceptors (Lipinski definition) is 5. The van der Waals surface area contributed by atoms with E-state index in [9.17, 15) is 0 Å². The third-order valence-corrected chi connectivity index (χ3v) is 2.60.